The third-order valence-corrected chi connectivity index (χ3v) is 13.2. The molecule has 0 saturated heterocycles. The van der Waals surface area contributed by atoms with Crippen LogP contribution in [0.5, 0.6) is 0 Å². The van der Waals surface area contributed by atoms with Crippen LogP contribution in [0.4, 0.5) is 51.4 Å². The molecule has 3 aromatic heterocycles. The lowest BCUT2D eigenvalue weighted by Gasteiger charge is -2.44. The Morgan fingerprint density at radius 1 is 0.469 bits per heavy atom. The molecule has 11 aromatic rings. The maximum Gasteiger partial charge on any atom is 0.254 e. The molecule has 0 unspecified atom stereocenters. The summed E-state index contributed by atoms with van der Waals surface area (Å²) in [6.45, 7) is 6.82. The predicted molar refractivity (Wildman–Crippen MR) is 266 cm³/mol. The minimum atomic E-state index is -0.147. The van der Waals surface area contributed by atoms with Gasteiger partial charge in [-0.25, -0.2) is 4.98 Å². The molecule has 13 rings (SSSR count). The van der Waals surface area contributed by atoms with Crippen molar-refractivity contribution in [1.29, 1.82) is 0 Å². The molecule has 0 atom stereocenters. The minimum Gasteiger partial charge on any atom is -0.454 e. The largest absolute Gasteiger partial charge is 0.454 e. The van der Waals surface area contributed by atoms with Crippen LogP contribution in [0.1, 0.15) is 26.3 Å². The summed E-state index contributed by atoms with van der Waals surface area (Å²) in [4.78, 5) is 13.0. The lowest BCUT2D eigenvalue weighted by Crippen LogP contribution is -2.61. The number of aromatic nitrogens is 1. The number of pyridine rings is 1. The lowest BCUT2D eigenvalue weighted by atomic mass is 9.33. The van der Waals surface area contributed by atoms with Gasteiger partial charge in [-0.2, -0.15) is 0 Å². The first-order valence-corrected chi connectivity index (χ1v) is 22.0. The highest BCUT2D eigenvalue weighted by atomic mass is 16.3. The van der Waals surface area contributed by atoms with Crippen molar-refractivity contribution in [3.63, 3.8) is 0 Å². The molecule has 8 aromatic carbocycles. The van der Waals surface area contributed by atoms with Crippen molar-refractivity contribution < 1.29 is 8.83 Å². The van der Waals surface area contributed by atoms with Gasteiger partial charge < -0.3 is 13.7 Å². The Labute approximate surface area is 371 Å². The molecule has 0 fully saturated rings. The number of fused-ring (bicyclic) bond motifs is 10. The summed E-state index contributed by atoms with van der Waals surface area (Å²) in [7, 11) is 0. The molecule has 0 aliphatic carbocycles. The van der Waals surface area contributed by atoms with E-state index in [-0.39, 0.29) is 12.1 Å². The van der Waals surface area contributed by atoms with Crippen LogP contribution in [-0.4, -0.2) is 11.7 Å². The van der Waals surface area contributed by atoms with E-state index in [2.05, 4.69) is 205 Å². The number of rotatable bonds is 5. The summed E-state index contributed by atoms with van der Waals surface area (Å²) in [6.07, 6.45) is 0. The van der Waals surface area contributed by atoms with Gasteiger partial charge in [-0.15, -0.1) is 0 Å². The van der Waals surface area contributed by atoms with E-state index in [9.17, 15) is 0 Å². The Kier molecular flexibility index (Phi) is 7.86. The van der Waals surface area contributed by atoms with Crippen LogP contribution < -0.4 is 31.1 Å². The smallest absolute Gasteiger partial charge is 0.254 e. The first-order chi connectivity index (χ1) is 31.4. The van der Waals surface area contributed by atoms with Crippen molar-refractivity contribution in [3.05, 3.63) is 200 Å². The molecule has 0 bridgehead atoms. The molecule has 5 heterocycles. The lowest BCUT2D eigenvalue weighted by molar-refractivity contribution is 0.590. The van der Waals surface area contributed by atoms with Crippen LogP contribution in [0, 0.1) is 0 Å². The molecule has 0 N–H and O–H groups in total. The summed E-state index contributed by atoms with van der Waals surface area (Å²) >= 11 is 0. The van der Waals surface area contributed by atoms with Gasteiger partial charge in [0.25, 0.3) is 6.71 Å². The van der Waals surface area contributed by atoms with Crippen LogP contribution in [0.3, 0.4) is 0 Å². The van der Waals surface area contributed by atoms with Crippen molar-refractivity contribution in [2.45, 2.75) is 26.2 Å². The monoisotopic (exact) mass is 824 g/mol. The average molecular weight is 825 g/mol. The molecule has 64 heavy (non-hydrogen) atoms. The van der Waals surface area contributed by atoms with E-state index in [4.69, 9.17) is 13.8 Å². The van der Waals surface area contributed by atoms with Gasteiger partial charge in [0.15, 0.2) is 11.2 Å². The third-order valence-electron chi connectivity index (χ3n) is 13.2. The summed E-state index contributed by atoms with van der Waals surface area (Å²) in [5.41, 5.74) is 15.3. The fourth-order valence-electron chi connectivity index (χ4n) is 10.2. The highest BCUT2D eigenvalue weighted by molar-refractivity contribution is 7.00. The van der Waals surface area contributed by atoms with Crippen molar-refractivity contribution in [2.75, 3.05) is 14.7 Å². The van der Waals surface area contributed by atoms with Crippen LogP contribution in [0.25, 0.3) is 43.9 Å². The van der Waals surface area contributed by atoms with E-state index in [1.807, 2.05) is 24.3 Å². The van der Waals surface area contributed by atoms with Gasteiger partial charge in [0.05, 0.1) is 11.4 Å². The number of anilines is 9. The second-order valence-electron chi connectivity index (χ2n) is 17.9. The maximum atomic E-state index is 6.80. The van der Waals surface area contributed by atoms with Crippen LogP contribution in [0.2, 0.25) is 0 Å². The number of benzene rings is 8. The minimum absolute atomic E-state index is 0.0854. The number of hydrogen-bond donors (Lipinski definition) is 0. The highest BCUT2D eigenvalue weighted by Gasteiger charge is 2.45. The van der Waals surface area contributed by atoms with Gasteiger partial charge in [-0.1, -0.05) is 142 Å². The van der Waals surface area contributed by atoms with E-state index in [0.717, 1.165) is 89.4 Å². The molecular formula is C57H41BN4O2. The SMILES string of the molecule is CC(C)(C)c1cc2c3c(c1)N(c1ccccc1)c1nc(N(c4cccc5c4oc4ccccc45)c4cccc5c4oc4ccccc45)ccc1B3c1ccccc1N2c1ccccc1. The van der Waals surface area contributed by atoms with E-state index in [1.54, 1.807) is 0 Å². The Hall–Kier alpha value is -8.03. The fraction of sp³-hybridized carbons (Fsp3) is 0.0702. The van der Waals surface area contributed by atoms with Crippen molar-refractivity contribution >= 4 is 118 Å². The zero-order valence-electron chi connectivity index (χ0n) is 35.7. The Balaban J connectivity index is 1.12. The molecule has 2 aliphatic heterocycles. The second-order valence-corrected chi connectivity index (χ2v) is 17.9. The molecule has 0 saturated carbocycles. The molecule has 0 radical (unpaired) electrons. The quantitative estimate of drug-likeness (QED) is 0.161. The summed E-state index contributed by atoms with van der Waals surface area (Å²) in [5, 5.41) is 4.21. The van der Waals surface area contributed by atoms with Gasteiger partial charge in [-0.3, -0.25) is 9.80 Å². The van der Waals surface area contributed by atoms with Crippen molar-refractivity contribution in [3.8, 4) is 0 Å². The standard InChI is InChI=1S/C57H41BN4O2/c1-57(2,3)36-34-48-53-49(35-36)61(38-20-8-5-9-21-38)56-44(58(53)43-26-12-13-27-45(43)60(48)37-18-6-4-7-19-37)32-33-52(59-56)62(46-28-16-24-41-39-22-10-14-30-50(39)63-54(41)46)47-29-17-25-42-40-23-11-15-31-51(40)64-55(42)47/h4-35H,1-3H3. The van der Waals surface area contributed by atoms with Crippen LogP contribution in [0.15, 0.2) is 203 Å². The van der Waals surface area contributed by atoms with Gasteiger partial charge >= 0.3 is 0 Å². The van der Waals surface area contributed by atoms with E-state index in [1.165, 1.54) is 27.9 Å². The van der Waals surface area contributed by atoms with Gasteiger partial charge in [0.2, 0.25) is 0 Å². The van der Waals surface area contributed by atoms with E-state index in [0.29, 0.717) is 0 Å². The van der Waals surface area contributed by atoms with Crippen LogP contribution >= 0.6 is 0 Å². The Morgan fingerprint density at radius 3 is 1.59 bits per heavy atom. The zero-order chi connectivity index (χ0) is 42.7. The molecular weight excluding hydrogens is 783 g/mol. The third kappa shape index (κ3) is 5.37. The normalized spacial score (nSPS) is 13.1. The number of furan rings is 2. The second kappa shape index (κ2) is 13.7. The van der Waals surface area contributed by atoms with Gasteiger partial charge in [-0.05, 0) is 100 Å². The average Bonchev–Trinajstić information content (AvgIpc) is 3.91. The Bertz CT molecular complexity index is 3530. The van der Waals surface area contributed by atoms with Gasteiger partial charge in [0.1, 0.15) is 22.8 Å². The fourth-order valence-corrected chi connectivity index (χ4v) is 10.2. The first kappa shape index (κ1) is 36.6. The maximum absolute atomic E-state index is 6.80. The number of nitrogens with zero attached hydrogens (tertiary/aromatic N) is 4. The topological polar surface area (TPSA) is 48.9 Å². The summed E-state index contributed by atoms with van der Waals surface area (Å²) in [5.74, 6) is 1.62. The molecule has 6 nitrogen and oxygen atoms in total. The Morgan fingerprint density at radius 2 is 0.984 bits per heavy atom. The van der Waals surface area contributed by atoms with Crippen LogP contribution in [-0.2, 0) is 5.41 Å². The predicted octanol–water partition coefficient (Wildman–Crippen LogP) is 13.7. The van der Waals surface area contributed by atoms with Crippen molar-refractivity contribution in [2.24, 2.45) is 0 Å². The zero-order valence-corrected chi connectivity index (χ0v) is 35.7. The molecule has 304 valence electrons. The molecule has 0 amide bonds. The molecule has 0 spiro atoms. The number of para-hydroxylation sites is 7. The highest BCUT2D eigenvalue weighted by Crippen LogP contribution is 2.49. The molecule has 2 aliphatic rings. The molecule has 7 heteroatoms. The number of hydrogen-bond acceptors (Lipinski definition) is 6. The van der Waals surface area contributed by atoms with Crippen molar-refractivity contribution in [1.82, 2.24) is 4.98 Å². The summed E-state index contributed by atoms with van der Waals surface area (Å²) in [6, 6.07) is 69.0. The van der Waals surface area contributed by atoms with E-state index < -0.39 is 0 Å². The van der Waals surface area contributed by atoms with Gasteiger partial charge in [0, 0.05) is 50.0 Å². The van der Waals surface area contributed by atoms with E-state index >= 15 is 0 Å². The first-order valence-electron chi connectivity index (χ1n) is 22.0. The summed E-state index contributed by atoms with van der Waals surface area (Å²) < 4.78 is 13.6.